The Bertz CT molecular complexity index is 408. The predicted octanol–water partition coefficient (Wildman–Crippen LogP) is 4.77. The Labute approximate surface area is 134 Å². The van der Waals surface area contributed by atoms with Crippen LogP contribution in [0.15, 0.2) is 12.2 Å². The zero-order chi connectivity index (χ0) is 15.8. The SMILES string of the molecule is CCC[C@H]1CC[C@H](C(=O)O[C@H]2CC[C@H](C=CC#N)CC2)CC1. The second kappa shape index (κ2) is 8.98. The fraction of sp³-hybridized carbons (Fsp3) is 0.789. The van der Waals surface area contributed by atoms with Crippen LogP contribution in [-0.2, 0) is 9.53 Å². The Morgan fingerprint density at radius 2 is 1.82 bits per heavy atom. The summed E-state index contributed by atoms with van der Waals surface area (Å²) >= 11 is 0. The van der Waals surface area contributed by atoms with E-state index in [9.17, 15) is 4.79 Å². The topological polar surface area (TPSA) is 50.1 Å². The highest BCUT2D eigenvalue weighted by Gasteiger charge is 2.30. The summed E-state index contributed by atoms with van der Waals surface area (Å²) in [5.74, 6) is 1.51. The van der Waals surface area contributed by atoms with Gasteiger partial charge in [-0.05, 0) is 63.2 Å². The van der Waals surface area contributed by atoms with Gasteiger partial charge in [-0.3, -0.25) is 4.79 Å². The van der Waals surface area contributed by atoms with Crippen molar-refractivity contribution >= 4 is 5.97 Å². The number of ether oxygens (including phenoxy) is 1. The van der Waals surface area contributed by atoms with Gasteiger partial charge in [0.25, 0.3) is 0 Å². The number of allylic oxidation sites excluding steroid dienone is 2. The molecule has 0 spiro atoms. The molecule has 0 saturated heterocycles. The van der Waals surface area contributed by atoms with Crippen LogP contribution in [0.5, 0.6) is 0 Å². The Morgan fingerprint density at radius 3 is 2.41 bits per heavy atom. The van der Waals surface area contributed by atoms with Crippen LogP contribution in [0.3, 0.4) is 0 Å². The van der Waals surface area contributed by atoms with Crippen molar-refractivity contribution in [2.24, 2.45) is 17.8 Å². The summed E-state index contributed by atoms with van der Waals surface area (Å²) in [6, 6.07) is 2.05. The van der Waals surface area contributed by atoms with E-state index < -0.39 is 0 Å². The van der Waals surface area contributed by atoms with Gasteiger partial charge in [-0.2, -0.15) is 5.26 Å². The molecule has 0 radical (unpaired) electrons. The van der Waals surface area contributed by atoms with Crippen LogP contribution in [0.25, 0.3) is 0 Å². The van der Waals surface area contributed by atoms with Crippen molar-refractivity contribution in [1.29, 1.82) is 5.26 Å². The quantitative estimate of drug-likeness (QED) is 0.542. The third kappa shape index (κ3) is 5.16. The first kappa shape index (κ1) is 17.1. The first-order valence-corrected chi connectivity index (χ1v) is 8.99. The van der Waals surface area contributed by atoms with Gasteiger partial charge in [0.05, 0.1) is 12.0 Å². The van der Waals surface area contributed by atoms with Crippen molar-refractivity contribution in [1.82, 2.24) is 0 Å². The molecule has 2 rings (SSSR count). The summed E-state index contributed by atoms with van der Waals surface area (Å²) in [5.41, 5.74) is 0. The first-order valence-electron chi connectivity index (χ1n) is 8.99. The molecule has 0 aliphatic heterocycles. The maximum atomic E-state index is 12.3. The van der Waals surface area contributed by atoms with Gasteiger partial charge < -0.3 is 4.74 Å². The van der Waals surface area contributed by atoms with Crippen molar-refractivity contribution in [3.63, 3.8) is 0 Å². The van der Waals surface area contributed by atoms with Crippen LogP contribution in [-0.4, -0.2) is 12.1 Å². The Kier molecular flexibility index (Phi) is 6.96. The molecule has 2 aliphatic carbocycles. The summed E-state index contributed by atoms with van der Waals surface area (Å²) < 4.78 is 5.75. The normalized spacial score (nSPS) is 32.5. The molecule has 0 aromatic rings. The van der Waals surface area contributed by atoms with E-state index in [1.165, 1.54) is 25.7 Å². The van der Waals surface area contributed by atoms with Crippen molar-refractivity contribution in [3.8, 4) is 6.07 Å². The van der Waals surface area contributed by atoms with Crippen LogP contribution in [0, 0.1) is 29.1 Å². The van der Waals surface area contributed by atoms with Crippen molar-refractivity contribution in [2.75, 3.05) is 0 Å². The standard InChI is InChI=1S/C19H29NO2/c1-2-4-15-6-10-17(11-7-15)19(21)22-18-12-8-16(9-13-18)5-3-14-20/h3,5,15-18H,2,4,6-13H2,1H3/t15-,16-,17-,18-. The van der Waals surface area contributed by atoms with E-state index >= 15 is 0 Å². The Hall–Kier alpha value is -1.30. The molecule has 0 aromatic carbocycles. The monoisotopic (exact) mass is 303 g/mol. The highest BCUT2D eigenvalue weighted by molar-refractivity contribution is 5.72. The summed E-state index contributed by atoms with van der Waals surface area (Å²) in [6.45, 7) is 2.24. The van der Waals surface area contributed by atoms with E-state index in [1.807, 2.05) is 12.1 Å². The zero-order valence-electron chi connectivity index (χ0n) is 13.8. The third-order valence-corrected chi connectivity index (χ3v) is 5.32. The summed E-state index contributed by atoms with van der Waals surface area (Å²) in [5, 5.41) is 8.56. The lowest BCUT2D eigenvalue weighted by Crippen LogP contribution is -2.29. The molecule has 2 fully saturated rings. The van der Waals surface area contributed by atoms with Gasteiger partial charge in [0, 0.05) is 6.08 Å². The Morgan fingerprint density at radius 1 is 1.14 bits per heavy atom. The van der Waals surface area contributed by atoms with Gasteiger partial charge in [0.2, 0.25) is 0 Å². The van der Waals surface area contributed by atoms with Crippen molar-refractivity contribution in [2.45, 2.75) is 77.2 Å². The third-order valence-electron chi connectivity index (χ3n) is 5.32. The summed E-state index contributed by atoms with van der Waals surface area (Å²) in [4.78, 5) is 12.3. The smallest absolute Gasteiger partial charge is 0.309 e. The molecular formula is C19H29NO2. The van der Waals surface area contributed by atoms with Crippen LogP contribution < -0.4 is 0 Å². The molecular weight excluding hydrogens is 274 g/mol. The van der Waals surface area contributed by atoms with Gasteiger partial charge in [-0.1, -0.05) is 25.8 Å². The molecule has 3 nitrogen and oxygen atoms in total. The lowest BCUT2D eigenvalue weighted by molar-refractivity contribution is -0.157. The van der Waals surface area contributed by atoms with Crippen molar-refractivity contribution in [3.05, 3.63) is 12.2 Å². The molecule has 0 aromatic heterocycles. The first-order chi connectivity index (χ1) is 10.7. The van der Waals surface area contributed by atoms with E-state index in [0.717, 1.165) is 44.4 Å². The second-order valence-corrected chi connectivity index (χ2v) is 6.97. The number of carbonyl (C=O) groups excluding carboxylic acids is 1. The van der Waals surface area contributed by atoms with E-state index in [0.29, 0.717) is 5.92 Å². The number of nitriles is 1. The minimum atomic E-state index is 0.0472. The number of hydrogen-bond acceptors (Lipinski definition) is 3. The van der Waals surface area contributed by atoms with Crippen LogP contribution in [0.2, 0.25) is 0 Å². The molecule has 0 atom stereocenters. The summed E-state index contributed by atoms with van der Waals surface area (Å²) in [7, 11) is 0. The fourth-order valence-electron chi connectivity index (χ4n) is 3.93. The highest BCUT2D eigenvalue weighted by Crippen LogP contribution is 2.33. The van der Waals surface area contributed by atoms with E-state index in [2.05, 4.69) is 6.92 Å². The molecule has 0 unspecified atom stereocenters. The minimum Gasteiger partial charge on any atom is -0.462 e. The molecule has 0 heterocycles. The molecule has 22 heavy (non-hydrogen) atoms. The van der Waals surface area contributed by atoms with E-state index in [-0.39, 0.29) is 18.0 Å². The molecule has 2 aliphatic rings. The maximum absolute atomic E-state index is 12.3. The van der Waals surface area contributed by atoms with Crippen LogP contribution >= 0.6 is 0 Å². The largest absolute Gasteiger partial charge is 0.462 e. The van der Waals surface area contributed by atoms with Crippen molar-refractivity contribution < 1.29 is 9.53 Å². The van der Waals surface area contributed by atoms with Crippen LogP contribution in [0.1, 0.15) is 71.1 Å². The summed E-state index contributed by atoms with van der Waals surface area (Å²) in [6.07, 6.45) is 14.6. The number of rotatable bonds is 5. The number of hydrogen-bond donors (Lipinski definition) is 0. The second-order valence-electron chi connectivity index (χ2n) is 6.97. The van der Waals surface area contributed by atoms with Gasteiger partial charge in [0.1, 0.15) is 6.10 Å². The van der Waals surface area contributed by atoms with Gasteiger partial charge in [0.15, 0.2) is 0 Å². The predicted molar refractivity (Wildman–Crippen MR) is 86.9 cm³/mol. The van der Waals surface area contributed by atoms with Gasteiger partial charge >= 0.3 is 5.97 Å². The average Bonchev–Trinajstić information content (AvgIpc) is 2.55. The highest BCUT2D eigenvalue weighted by atomic mass is 16.5. The lowest BCUT2D eigenvalue weighted by atomic mass is 9.80. The average molecular weight is 303 g/mol. The minimum absolute atomic E-state index is 0.0472. The molecule has 0 amide bonds. The molecule has 122 valence electrons. The van der Waals surface area contributed by atoms with E-state index in [1.54, 1.807) is 6.08 Å². The number of carbonyl (C=O) groups is 1. The zero-order valence-corrected chi connectivity index (χ0v) is 13.8. The molecule has 3 heteroatoms. The van der Waals surface area contributed by atoms with Crippen LogP contribution in [0.4, 0.5) is 0 Å². The molecule has 0 N–H and O–H groups in total. The molecule has 2 saturated carbocycles. The number of nitrogens with zero attached hydrogens (tertiary/aromatic N) is 1. The fourth-order valence-corrected chi connectivity index (χ4v) is 3.93. The number of esters is 1. The van der Waals surface area contributed by atoms with Gasteiger partial charge in [-0.25, -0.2) is 0 Å². The van der Waals surface area contributed by atoms with Gasteiger partial charge in [-0.15, -0.1) is 0 Å². The maximum Gasteiger partial charge on any atom is 0.309 e. The molecule has 0 bridgehead atoms. The van der Waals surface area contributed by atoms with E-state index in [4.69, 9.17) is 10.00 Å². The lowest BCUT2D eigenvalue weighted by Gasteiger charge is -2.30. The Balaban J connectivity index is 1.68.